The summed E-state index contributed by atoms with van der Waals surface area (Å²) in [5, 5.41) is 25.3. The predicted octanol–water partition coefficient (Wildman–Crippen LogP) is 2.78. The maximum absolute atomic E-state index is 15.7. The number of nitrogens with one attached hydrogen (secondary N) is 2. The van der Waals surface area contributed by atoms with Crippen LogP contribution in [-0.2, 0) is 9.59 Å². The Kier molecular flexibility index (Phi) is 10.1. The topological polar surface area (TPSA) is 129 Å². The third-order valence-electron chi connectivity index (χ3n) is 8.64. The molecule has 0 radical (unpaired) electrons. The van der Waals surface area contributed by atoms with E-state index in [1.165, 1.54) is 27.0 Å². The maximum atomic E-state index is 15.7. The van der Waals surface area contributed by atoms with Gasteiger partial charge in [0, 0.05) is 57.4 Å². The third kappa shape index (κ3) is 7.01. The molecule has 2 aromatic heterocycles. The fourth-order valence-corrected chi connectivity index (χ4v) is 7.13. The number of β-amino-alcohol motifs (C(OH)–C–C–N with tert-alkyl or cyclic N) is 1. The monoisotopic (exact) mass is 626 g/mol. The van der Waals surface area contributed by atoms with Crippen LogP contribution < -0.4 is 10.6 Å². The molecule has 0 unspecified atom stereocenters. The zero-order chi connectivity index (χ0) is 31.5. The summed E-state index contributed by atoms with van der Waals surface area (Å²) in [5.74, 6) is -1.14. The minimum atomic E-state index is -0.866. The van der Waals surface area contributed by atoms with Crippen molar-refractivity contribution < 1.29 is 19.1 Å². The Labute approximate surface area is 261 Å². The van der Waals surface area contributed by atoms with Crippen molar-refractivity contribution in [1.29, 1.82) is 0 Å². The lowest BCUT2D eigenvalue weighted by Crippen LogP contribution is -2.50. The average molecular weight is 627 g/mol. The van der Waals surface area contributed by atoms with E-state index >= 15 is 4.39 Å². The van der Waals surface area contributed by atoms with Crippen LogP contribution in [0.25, 0.3) is 10.4 Å². The number of hydrogen-bond acceptors (Lipinski definition) is 9. The van der Waals surface area contributed by atoms with Gasteiger partial charge in [0.1, 0.15) is 17.9 Å². The molecular weight excluding hydrogens is 583 g/mol. The number of carbonyl (C=O) groups excluding carboxylic acids is 2. The summed E-state index contributed by atoms with van der Waals surface area (Å²) < 4.78 is 17.2. The summed E-state index contributed by atoms with van der Waals surface area (Å²) in [5.41, 5.74) is 5.23. The van der Waals surface area contributed by atoms with Crippen LogP contribution >= 0.6 is 11.3 Å². The summed E-state index contributed by atoms with van der Waals surface area (Å²) >= 11 is 1.40. The molecule has 3 N–H and O–H groups in total. The number of amides is 2. The molecule has 44 heavy (non-hydrogen) atoms. The van der Waals surface area contributed by atoms with E-state index in [1.807, 2.05) is 33.8 Å². The molecule has 0 aliphatic carbocycles. The number of aliphatic hydroxyl groups excluding tert-OH is 1. The first-order chi connectivity index (χ1) is 21.0. The summed E-state index contributed by atoms with van der Waals surface area (Å²) in [7, 11) is 0. The van der Waals surface area contributed by atoms with E-state index in [2.05, 4.69) is 30.8 Å². The number of halogens is 1. The van der Waals surface area contributed by atoms with Crippen LogP contribution in [0.1, 0.15) is 61.3 Å². The van der Waals surface area contributed by atoms with Crippen LogP contribution in [-0.4, -0.2) is 98.1 Å². The maximum Gasteiger partial charge on any atom is 0.248 e. The van der Waals surface area contributed by atoms with E-state index in [0.717, 1.165) is 48.9 Å². The average Bonchev–Trinajstić information content (AvgIpc) is 3.72. The Hall–Kier alpha value is -3.26. The Morgan fingerprint density at radius 1 is 1.20 bits per heavy atom. The van der Waals surface area contributed by atoms with Gasteiger partial charge in [0.15, 0.2) is 0 Å². The molecule has 5 rings (SSSR count). The molecule has 4 heterocycles. The highest BCUT2D eigenvalue weighted by atomic mass is 32.1. The molecule has 11 nitrogen and oxygen atoms in total. The van der Waals surface area contributed by atoms with Crippen molar-refractivity contribution in [2.24, 2.45) is 5.92 Å². The Bertz CT molecular complexity index is 1470. The van der Waals surface area contributed by atoms with E-state index in [1.54, 1.807) is 18.6 Å². The van der Waals surface area contributed by atoms with Gasteiger partial charge in [-0.3, -0.25) is 9.59 Å². The number of rotatable bonds is 10. The van der Waals surface area contributed by atoms with E-state index in [4.69, 9.17) is 0 Å². The Morgan fingerprint density at radius 2 is 1.95 bits per heavy atom. The van der Waals surface area contributed by atoms with Crippen molar-refractivity contribution in [3.63, 3.8) is 0 Å². The SMILES string of the molecule is Cc1cn([C@H](C(=O)N2C[C@H](O)C[C@H]2C(=O)N[C@@H](CCN2CCNCC2)c2cc(F)c(-c3scnc3C)cc2C)C(C)C)nn1. The summed E-state index contributed by atoms with van der Waals surface area (Å²) in [6, 6.07) is 1.34. The molecule has 0 saturated carbocycles. The molecule has 2 amide bonds. The van der Waals surface area contributed by atoms with Crippen molar-refractivity contribution in [2.75, 3.05) is 39.3 Å². The van der Waals surface area contributed by atoms with Gasteiger partial charge in [0.05, 0.1) is 33.9 Å². The summed E-state index contributed by atoms with van der Waals surface area (Å²) in [6.07, 6.45) is 1.58. The standard InChI is InChI=1S/C31H43FN8O3S/c1-18(2)28(40-15-20(4)36-37-40)31(43)39-16-22(41)13-27(39)30(42)35-26(6-9-38-10-7-33-8-11-38)23-14-25(32)24(12-19(23)3)29-21(5)34-17-44-29/h12,14-15,17-18,22,26-28,33,41H,6-11,13,16H2,1-5H3,(H,35,42)/t22-,26+,27+,28+/m1/s1. The van der Waals surface area contributed by atoms with Gasteiger partial charge < -0.3 is 25.5 Å². The first-order valence-electron chi connectivity index (χ1n) is 15.3. The highest BCUT2D eigenvalue weighted by Gasteiger charge is 2.43. The molecular formula is C31H43FN8O3S. The number of thiazole rings is 1. The molecule has 0 bridgehead atoms. The molecule has 1 aromatic carbocycles. The minimum absolute atomic E-state index is 0.0514. The second-order valence-electron chi connectivity index (χ2n) is 12.3. The van der Waals surface area contributed by atoms with Gasteiger partial charge >= 0.3 is 0 Å². The Morgan fingerprint density at radius 3 is 2.59 bits per heavy atom. The number of nitrogens with zero attached hydrogens (tertiary/aromatic N) is 6. The van der Waals surface area contributed by atoms with Crippen LogP contribution in [0.3, 0.4) is 0 Å². The van der Waals surface area contributed by atoms with E-state index in [-0.39, 0.29) is 36.5 Å². The number of piperazine rings is 1. The van der Waals surface area contributed by atoms with Crippen LogP contribution in [0.5, 0.6) is 0 Å². The van der Waals surface area contributed by atoms with E-state index in [9.17, 15) is 14.7 Å². The summed E-state index contributed by atoms with van der Waals surface area (Å²) in [4.78, 5) is 36.8. The smallest absolute Gasteiger partial charge is 0.248 e. The fraction of sp³-hybridized carbons (Fsp3) is 0.581. The van der Waals surface area contributed by atoms with E-state index < -0.39 is 24.2 Å². The second kappa shape index (κ2) is 13.8. The molecule has 4 atom stereocenters. The van der Waals surface area contributed by atoms with Gasteiger partial charge in [-0.2, -0.15) is 0 Å². The zero-order valence-electron chi connectivity index (χ0n) is 26.1. The third-order valence-corrected chi connectivity index (χ3v) is 9.60. The molecule has 0 spiro atoms. The lowest BCUT2D eigenvalue weighted by molar-refractivity contribution is -0.142. The van der Waals surface area contributed by atoms with Gasteiger partial charge in [-0.15, -0.1) is 16.4 Å². The van der Waals surface area contributed by atoms with Crippen molar-refractivity contribution in [3.05, 3.63) is 52.2 Å². The number of benzene rings is 1. The van der Waals surface area contributed by atoms with Gasteiger partial charge in [0.2, 0.25) is 11.8 Å². The lowest BCUT2D eigenvalue weighted by Gasteiger charge is -2.32. The van der Waals surface area contributed by atoms with Gasteiger partial charge in [-0.1, -0.05) is 19.1 Å². The van der Waals surface area contributed by atoms with Crippen molar-refractivity contribution in [1.82, 2.24) is 40.4 Å². The molecule has 2 aliphatic heterocycles. The van der Waals surface area contributed by atoms with Gasteiger partial charge in [0.25, 0.3) is 0 Å². The quantitative estimate of drug-likeness (QED) is 0.314. The normalized spacial score (nSPS) is 20.7. The number of likely N-dealkylation sites (tertiary alicyclic amines) is 1. The first-order valence-corrected chi connectivity index (χ1v) is 16.2. The molecule has 238 valence electrons. The van der Waals surface area contributed by atoms with Gasteiger partial charge in [-0.05, 0) is 56.4 Å². The number of aromatic nitrogens is 4. The fourth-order valence-electron chi connectivity index (χ4n) is 6.31. The highest BCUT2D eigenvalue weighted by Crippen LogP contribution is 2.34. The van der Waals surface area contributed by atoms with Crippen molar-refractivity contribution in [2.45, 2.75) is 71.7 Å². The van der Waals surface area contributed by atoms with Crippen LogP contribution in [0.15, 0.2) is 23.8 Å². The first kappa shape index (κ1) is 32.1. The van der Waals surface area contributed by atoms with Crippen LogP contribution in [0, 0.1) is 32.5 Å². The van der Waals surface area contributed by atoms with Crippen molar-refractivity contribution in [3.8, 4) is 10.4 Å². The highest BCUT2D eigenvalue weighted by molar-refractivity contribution is 7.13. The second-order valence-corrected chi connectivity index (χ2v) is 13.2. The van der Waals surface area contributed by atoms with Crippen LogP contribution in [0.4, 0.5) is 4.39 Å². The zero-order valence-corrected chi connectivity index (χ0v) is 26.9. The number of hydrogen-bond donors (Lipinski definition) is 3. The van der Waals surface area contributed by atoms with Crippen molar-refractivity contribution >= 4 is 23.2 Å². The minimum Gasteiger partial charge on any atom is -0.391 e. The van der Waals surface area contributed by atoms with Gasteiger partial charge in [-0.25, -0.2) is 14.1 Å². The molecule has 13 heteroatoms. The Balaban J connectivity index is 1.41. The largest absolute Gasteiger partial charge is 0.391 e. The number of aliphatic hydroxyl groups is 1. The van der Waals surface area contributed by atoms with Crippen LogP contribution in [0.2, 0.25) is 0 Å². The predicted molar refractivity (Wildman–Crippen MR) is 167 cm³/mol. The molecule has 2 saturated heterocycles. The number of carbonyl (C=O) groups is 2. The molecule has 2 fully saturated rings. The lowest BCUT2D eigenvalue weighted by atomic mass is 9.94. The molecule has 2 aliphatic rings. The molecule has 3 aromatic rings. The van der Waals surface area contributed by atoms with E-state index in [0.29, 0.717) is 23.2 Å². The number of aryl methyl sites for hydroxylation is 3. The summed E-state index contributed by atoms with van der Waals surface area (Å²) in [6.45, 7) is 13.8.